The van der Waals surface area contributed by atoms with Gasteiger partial charge in [-0.2, -0.15) is 0 Å². The number of pyridine rings is 1. The number of hydrogen-bond acceptors (Lipinski definition) is 4. The molecule has 3 aromatic carbocycles. The Hall–Kier alpha value is -4.18. The lowest BCUT2D eigenvalue weighted by Crippen LogP contribution is -2.34. The molecule has 0 radical (unpaired) electrons. The molecule has 0 fully saturated rings. The zero-order valence-corrected chi connectivity index (χ0v) is 17.7. The number of benzene rings is 3. The predicted octanol–water partition coefficient (Wildman–Crippen LogP) is 5.34. The van der Waals surface area contributed by atoms with Crippen LogP contribution in [0, 0.1) is 0 Å². The molecule has 0 saturated heterocycles. The molecule has 2 heterocycles. The maximum absolute atomic E-state index is 6.52. The summed E-state index contributed by atoms with van der Waals surface area (Å²) in [7, 11) is 0. The Kier molecular flexibility index (Phi) is 5.04. The van der Waals surface area contributed by atoms with Crippen molar-refractivity contribution < 1.29 is 0 Å². The maximum Gasteiger partial charge on any atom is 0.197 e. The van der Waals surface area contributed by atoms with Crippen molar-refractivity contribution >= 4 is 5.96 Å². The minimum atomic E-state index is -0.741. The Morgan fingerprint density at radius 2 is 1.38 bits per heavy atom. The molecule has 1 aromatic heterocycles. The molecule has 2 N–H and O–H groups in total. The van der Waals surface area contributed by atoms with Gasteiger partial charge in [0.2, 0.25) is 0 Å². The summed E-state index contributed by atoms with van der Waals surface area (Å²) in [6.07, 6.45) is 3.62. The van der Waals surface area contributed by atoms with Gasteiger partial charge in [0.25, 0.3) is 0 Å². The van der Waals surface area contributed by atoms with E-state index in [-0.39, 0.29) is 0 Å². The standard InChI is InChI=1S/C28H24N4/c1-21-28(25-11-4-2-5-12-25,26-13-6-3-7-14-26)31-27(29)32(21)20-22-9-8-10-24(19-22)23-15-17-30-18-16-23/h2-19H,1,20H2,(H2,29,31). The highest BCUT2D eigenvalue weighted by atomic mass is 15.3. The highest BCUT2D eigenvalue weighted by molar-refractivity contribution is 5.85. The predicted molar refractivity (Wildman–Crippen MR) is 130 cm³/mol. The molecule has 0 atom stereocenters. The number of rotatable bonds is 5. The third-order valence-electron chi connectivity index (χ3n) is 5.97. The summed E-state index contributed by atoms with van der Waals surface area (Å²) in [6.45, 7) is 5.08. The molecule has 32 heavy (non-hydrogen) atoms. The lowest BCUT2D eigenvalue weighted by Gasteiger charge is -2.31. The van der Waals surface area contributed by atoms with Crippen LogP contribution in [0.25, 0.3) is 11.1 Å². The van der Waals surface area contributed by atoms with E-state index in [0.717, 1.165) is 33.5 Å². The highest BCUT2D eigenvalue weighted by Gasteiger charge is 2.45. The minimum absolute atomic E-state index is 0.469. The van der Waals surface area contributed by atoms with Crippen LogP contribution in [-0.2, 0) is 12.1 Å². The smallest absolute Gasteiger partial charge is 0.197 e. The van der Waals surface area contributed by atoms with Crippen LogP contribution >= 0.6 is 0 Å². The summed E-state index contributed by atoms with van der Waals surface area (Å²) in [5, 5.41) is 0. The van der Waals surface area contributed by atoms with E-state index in [1.165, 1.54) is 0 Å². The van der Waals surface area contributed by atoms with E-state index < -0.39 is 5.54 Å². The van der Waals surface area contributed by atoms with Crippen LogP contribution in [0.1, 0.15) is 16.7 Å². The normalized spacial score (nSPS) is 14.9. The Morgan fingerprint density at radius 3 is 2.00 bits per heavy atom. The van der Waals surface area contributed by atoms with Crippen molar-refractivity contribution in [3.63, 3.8) is 0 Å². The molecule has 4 nitrogen and oxygen atoms in total. The fraction of sp³-hybridized carbons (Fsp3) is 0.0714. The van der Waals surface area contributed by atoms with Gasteiger partial charge in [-0.15, -0.1) is 0 Å². The molecule has 0 saturated carbocycles. The van der Waals surface area contributed by atoms with Gasteiger partial charge < -0.3 is 10.6 Å². The summed E-state index contributed by atoms with van der Waals surface area (Å²) in [5.74, 6) is 0.469. The minimum Gasteiger partial charge on any atom is -0.369 e. The van der Waals surface area contributed by atoms with Gasteiger partial charge in [0.15, 0.2) is 11.5 Å². The summed E-state index contributed by atoms with van der Waals surface area (Å²) in [5.41, 5.74) is 12.1. The van der Waals surface area contributed by atoms with Crippen molar-refractivity contribution in [2.75, 3.05) is 0 Å². The van der Waals surface area contributed by atoms with E-state index in [1.54, 1.807) is 0 Å². The second-order valence-electron chi connectivity index (χ2n) is 7.88. The quantitative estimate of drug-likeness (QED) is 0.478. The first-order valence-corrected chi connectivity index (χ1v) is 10.6. The van der Waals surface area contributed by atoms with Crippen molar-refractivity contribution in [1.82, 2.24) is 9.88 Å². The van der Waals surface area contributed by atoms with Crippen molar-refractivity contribution in [1.29, 1.82) is 0 Å². The summed E-state index contributed by atoms with van der Waals surface area (Å²) >= 11 is 0. The molecule has 0 bridgehead atoms. The number of aromatic nitrogens is 1. The average Bonchev–Trinajstić information content (AvgIpc) is 3.11. The largest absolute Gasteiger partial charge is 0.369 e. The SMILES string of the molecule is C=C1N(Cc2cccc(-c3ccncc3)c2)C(N)=NC1(c1ccccc1)c1ccccc1. The lowest BCUT2D eigenvalue weighted by molar-refractivity contribution is 0.466. The number of guanidine groups is 1. The van der Waals surface area contributed by atoms with Gasteiger partial charge in [-0.1, -0.05) is 85.4 Å². The number of nitrogens with two attached hydrogens (primary N) is 1. The zero-order chi connectivity index (χ0) is 22.0. The number of aliphatic imine (C=N–C) groups is 1. The summed E-state index contributed by atoms with van der Waals surface area (Å²) < 4.78 is 0. The topological polar surface area (TPSA) is 54.5 Å². The zero-order valence-electron chi connectivity index (χ0n) is 17.7. The van der Waals surface area contributed by atoms with Crippen LogP contribution in [0.3, 0.4) is 0 Å². The maximum atomic E-state index is 6.52. The van der Waals surface area contributed by atoms with Gasteiger partial charge in [0, 0.05) is 12.4 Å². The van der Waals surface area contributed by atoms with Gasteiger partial charge >= 0.3 is 0 Å². The van der Waals surface area contributed by atoms with Crippen LogP contribution in [-0.4, -0.2) is 15.8 Å². The molecular formula is C28H24N4. The lowest BCUT2D eigenvalue weighted by atomic mass is 9.81. The molecule has 0 aliphatic carbocycles. The second-order valence-corrected chi connectivity index (χ2v) is 7.88. The van der Waals surface area contributed by atoms with Crippen LogP contribution in [0.4, 0.5) is 0 Å². The fourth-order valence-electron chi connectivity index (χ4n) is 4.37. The number of nitrogens with zero attached hydrogens (tertiary/aromatic N) is 3. The summed E-state index contributed by atoms with van der Waals surface area (Å²) in [6, 6.07) is 33.0. The van der Waals surface area contributed by atoms with Gasteiger partial charge in [0.1, 0.15) is 0 Å². The molecule has 156 valence electrons. The van der Waals surface area contributed by atoms with Crippen molar-refractivity contribution in [2.24, 2.45) is 10.7 Å². The molecule has 5 rings (SSSR count). The molecular weight excluding hydrogens is 392 g/mol. The molecule has 0 spiro atoms. The summed E-state index contributed by atoms with van der Waals surface area (Å²) in [4.78, 5) is 11.1. The van der Waals surface area contributed by atoms with Crippen molar-refractivity contribution in [3.05, 3.63) is 138 Å². The van der Waals surface area contributed by atoms with Crippen molar-refractivity contribution in [2.45, 2.75) is 12.1 Å². The Labute approximate surface area is 188 Å². The monoisotopic (exact) mass is 416 g/mol. The Bertz CT molecular complexity index is 1230. The van der Waals surface area contributed by atoms with E-state index in [9.17, 15) is 0 Å². The first kappa shape index (κ1) is 19.8. The fourth-order valence-corrected chi connectivity index (χ4v) is 4.37. The van der Waals surface area contributed by atoms with E-state index in [1.807, 2.05) is 65.8 Å². The first-order valence-electron chi connectivity index (χ1n) is 10.6. The molecule has 0 unspecified atom stereocenters. The van der Waals surface area contributed by atoms with E-state index in [4.69, 9.17) is 10.7 Å². The van der Waals surface area contributed by atoms with Gasteiger partial charge in [0.05, 0.1) is 12.2 Å². The van der Waals surface area contributed by atoms with E-state index in [0.29, 0.717) is 12.5 Å². The molecule has 1 aliphatic heterocycles. The van der Waals surface area contributed by atoms with Gasteiger partial charge in [-0.05, 0) is 46.0 Å². The molecule has 1 aliphatic rings. The highest BCUT2D eigenvalue weighted by Crippen LogP contribution is 2.45. The molecule has 0 amide bonds. The Morgan fingerprint density at radius 1 is 0.750 bits per heavy atom. The van der Waals surface area contributed by atoms with Gasteiger partial charge in [-0.3, -0.25) is 4.98 Å². The Balaban J connectivity index is 1.53. The second kappa shape index (κ2) is 8.16. The van der Waals surface area contributed by atoms with Crippen LogP contribution in [0.5, 0.6) is 0 Å². The average molecular weight is 417 g/mol. The molecule has 4 aromatic rings. The van der Waals surface area contributed by atoms with Crippen molar-refractivity contribution in [3.8, 4) is 11.1 Å². The van der Waals surface area contributed by atoms with E-state index >= 15 is 0 Å². The first-order chi connectivity index (χ1) is 15.7. The van der Waals surface area contributed by atoms with Gasteiger partial charge in [-0.25, -0.2) is 4.99 Å². The third-order valence-corrected chi connectivity index (χ3v) is 5.97. The van der Waals surface area contributed by atoms with E-state index in [2.05, 4.69) is 60.1 Å². The molecule has 4 heteroatoms. The third kappa shape index (κ3) is 3.36. The van der Waals surface area contributed by atoms with Crippen LogP contribution in [0.15, 0.2) is 127 Å². The van der Waals surface area contributed by atoms with Crippen LogP contribution in [0.2, 0.25) is 0 Å². The number of hydrogen-bond donors (Lipinski definition) is 1. The van der Waals surface area contributed by atoms with Crippen LogP contribution < -0.4 is 5.73 Å².